The van der Waals surface area contributed by atoms with Crippen molar-refractivity contribution < 1.29 is 18.0 Å². The second kappa shape index (κ2) is 13.0. The fraction of sp³-hybridized carbons (Fsp3) is 0.286. The minimum atomic E-state index is -4.19. The van der Waals surface area contributed by atoms with E-state index in [2.05, 4.69) is 5.32 Å². The molecule has 2 amide bonds. The van der Waals surface area contributed by atoms with Gasteiger partial charge in [0.25, 0.3) is 10.0 Å². The van der Waals surface area contributed by atoms with E-state index in [1.165, 1.54) is 29.2 Å². The normalized spacial score (nSPS) is 12.2. The average molecular weight is 611 g/mol. The predicted octanol–water partition coefficient (Wildman–Crippen LogP) is 6.09. The minimum absolute atomic E-state index is 0.0356. The maximum Gasteiger partial charge on any atom is 0.264 e. The maximum atomic E-state index is 13.9. The highest BCUT2D eigenvalue weighted by atomic mass is 35.5. The van der Waals surface area contributed by atoms with Crippen molar-refractivity contribution in [3.05, 3.63) is 92.9 Å². The summed E-state index contributed by atoms with van der Waals surface area (Å²) in [6.45, 7) is 6.38. The van der Waals surface area contributed by atoms with Gasteiger partial charge >= 0.3 is 0 Å². The van der Waals surface area contributed by atoms with Gasteiger partial charge in [-0.05, 0) is 76.2 Å². The number of carbonyl (C=O) groups is 2. The Morgan fingerprint density at radius 3 is 1.97 bits per heavy atom. The predicted molar refractivity (Wildman–Crippen MR) is 157 cm³/mol. The maximum absolute atomic E-state index is 13.9. The molecule has 0 spiro atoms. The summed E-state index contributed by atoms with van der Waals surface area (Å²) in [4.78, 5) is 28.2. The van der Waals surface area contributed by atoms with Crippen LogP contribution in [0.25, 0.3) is 0 Å². The summed E-state index contributed by atoms with van der Waals surface area (Å²) in [5.41, 5.74) is 1.66. The second-order valence-corrected chi connectivity index (χ2v) is 12.5. The summed E-state index contributed by atoms with van der Waals surface area (Å²) in [5, 5.41) is 3.82. The number of hydrogen-bond donors (Lipinski definition) is 1. The molecule has 0 radical (unpaired) electrons. The van der Waals surface area contributed by atoms with E-state index in [-0.39, 0.29) is 17.5 Å². The van der Waals surface area contributed by atoms with Crippen LogP contribution in [0.4, 0.5) is 5.69 Å². The molecule has 3 rings (SSSR count). The molecule has 3 aromatic rings. The van der Waals surface area contributed by atoms with Gasteiger partial charge in [0, 0.05) is 33.2 Å². The Kier molecular flexibility index (Phi) is 10.3. The first-order valence-corrected chi connectivity index (χ1v) is 14.8. The molecule has 0 aliphatic rings. The summed E-state index contributed by atoms with van der Waals surface area (Å²) in [5.74, 6) is -1.01. The number of benzene rings is 3. The molecule has 39 heavy (non-hydrogen) atoms. The van der Waals surface area contributed by atoms with Crippen LogP contribution >= 0.6 is 34.8 Å². The van der Waals surface area contributed by atoms with Crippen molar-refractivity contribution in [3.8, 4) is 0 Å². The first kappa shape index (κ1) is 30.8. The molecule has 0 heterocycles. The van der Waals surface area contributed by atoms with Crippen LogP contribution in [0.5, 0.6) is 0 Å². The van der Waals surface area contributed by atoms with Gasteiger partial charge in [0.05, 0.1) is 10.6 Å². The highest BCUT2D eigenvalue weighted by Gasteiger charge is 2.33. The molecular formula is C28H30Cl3N3O4S. The van der Waals surface area contributed by atoms with Crippen LogP contribution in [-0.4, -0.2) is 43.8 Å². The SMILES string of the molecule is Cc1ccc(N(CC(=O)N(Cc2c(Cl)cccc2Cl)[C@H](C)C(=O)NC(C)C)S(=O)(=O)c2ccc(Cl)cc2)cc1. The van der Waals surface area contributed by atoms with Gasteiger partial charge < -0.3 is 10.2 Å². The van der Waals surface area contributed by atoms with Crippen LogP contribution in [0.2, 0.25) is 15.1 Å². The average Bonchev–Trinajstić information content (AvgIpc) is 2.87. The molecule has 0 bridgehead atoms. The van der Waals surface area contributed by atoms with Gasteiger partial charge in [0.2, 0.25) is 11.8 Å². The van der Waals surface area contributed by atoms with E-state index in [0.29, 0.717) is 26.3 Å². The van der Waals surface area contributed by atoms with Gasteiger partial charge in [-0.3, -0.25) is 13.9 Å². The third-order valence-electron chi connectivity index (χ3n) is 5.99. The number of amides is 2. The summed E-state index contributed by atoms with van der Waals surface area (Å²) >= 11 is 18.8. The number of hydrogen-bond acceptors (Lipinski definition) is 4. The van der Waals surface area contributed by atoms with Crippen molar-refractivity contribution in [1.82, 2.24) is 10.2 Å². The van der Waals surface area contributed by atoms with E-state index < -0.39 is 34.4 Å². The Hall–Kier alpha value is -2.78. The Labute approximate surface area is 244 Å². The van der Waals surface area contributed by atoms with Crippen molar-refractivity contribution in [1.29, 1.82) is 0 Å². The fourth-order valence-electron chi connectivity index (χ4n) is 3.82. The Morgan fingerprint density at radius 2 is 1.44 bits per heavy atom. The number of sulfonamides is 1. The summed E-state index contributed by atoms with van der Waals surface area (Å²) in [6, 6.07) is 16.3. The summed E-state index contributed by atoms with van der Waals surface area (Å²) < 4.78 is 28.6. The number of carbonyl (C=O) groups excluding carboxylic acids is 2. The molecule has 1 atom stereocenters. The Balaban J connectivity index is 2.06. The molecule has 3 aromatic carbocycles. The third kappa shape index (κ3) is 7.66. The largest absolute Gasteiger partial charge is 0.352 e. The number of aryl methyl sites for hydroxylation is 1. The zero-order chi connectivity index (χ0) is 28.9. The molecule has 1 N–H and O–H groups in total. The molecule has 11 heteroatoms. The van der Waals surface area contributed by atoms with E-state index in [1.54, 1.807) is 63.2 Å². The zero-order valence-electron chi connectivity index (χ0n) is 22.0. The molecule has 0 saturated carbocycles. The number of halogens is 3. The number of nitrogens with zero attached hydrogens (tertiary/aromatic N) is 2. The molecule has 208 valence electrons. The van der Waals surface area contributed by atoms with Crippen LogP contribution in [0.15, 0.2) is 71.6 Å². The standard InChI is InChI=1S/C28H30Cl3N3O4S/c1-18(2)32-28(36)20(4)33(16-24-25(30)6-5-7-26(24)31)27(35)17-34(22-12-8-19(3)9-13-22)39(37,38)23-14-10-21(29)11-15-23/h5-15,18,20H,16-17H2,1-4H3,(H,32,36)/t20-/m1/s1. The van der Waals surface area contributed by atoms with E-state index in [1.807, 2.05) is 6.92 Å². The molecule has 0 unspecified atom stereocenters. The van der Waals surface area contributed by atoms with Crippen LogP contribution < -0.4 is 9.62 Å². The van der Waals surface area contributed by atoms with Gasteiger partial charge in [0.1, 0.15) is 12.6 Å². The van der Waals surface area contributed by atoms with Crippen molar-refractivity contribution >= 4 is 62.3 Å². The van der Waals surface area contributed by atoms with Crippen molar-refractivity contribution in [3.63, 3.8) is 0 Å². The monoisotopic (exact) mass is 609 g/mol. The second-order valence-electron chi connectivity index (χ2n) is 9.36. The van der Waals surface area contributed by atoms with Gasteiger partial charge in [-0.15, -0.1) is 0 Å². The molecule has 7 nitrogen and oxygen atoms in total. The molecule has 0 aromatic heterocycles. The van der Waals surface area contributed by atoms with Gasteiger partial charge in [0.15, 0.2) is 0 Å². The van der Waals surface area contributed by atoms with Crippen LogP contribution in [-0.2, 0) is 26.2 Å². The first-order chi connectivity index (χ1) is 18.3. The Morgan fingerprint density at radius 1 is 0.872 bits per heavy atom. The Bertz CT molecular complexity index is 1410. The smallest absolute Gasteiger partial charge is 0.264 e. The lowest BCUT2D eigenvalue weighted by Crippen LogP contribution is -2.52. The zero-order valence-corrected chi connectivity index (χ0v) is 25.1. The van der Waals surface area contributed by atoms with E-state index in [9.17, 15) is 18.0 Å². The lowest BCUT2D eigenvalue weighted by Gasteiger charge is -2.32. The van der Waals surface area contributed by atoms with Gasteiger partial charge in [-0.2, -0.15) is 0 Å². The van der Waals surface area contributed by atoms with Gasteiger partial charge in [-0.25, -0.2) is 8.42 Å². The van der Waals surface area contributed by atoms with Crippen LogP contribution in [0.3, 0.4) is 0 Å². The number of rotatable bonds is 10. The number of anilines is 1. The van der Waals surface area contributed by atoms with E-state index >= 15 is 0 Å². The molecule has 0 fully saturated rings. The fourth-order valence-corrected chi connectivity index (χ4v) is 5.87. The summed E-state index contributed by atoms with van der Waals surface area (Å²) in [7, 11) is -4.19. The first-order valence-electron chi connectivity index (χ1n) is 12.2. The molecule has 0 aliphatic heterocycles. The van der Waals surface area contributed by atoms with Crippen LogP contribution in [0.1, 0.15) is 31.9 Å². The third-order valence-corrected chi connectivity index (χ3v) is 8.74. The van der Waals surface area contributed by atoms with Crippen LogP contribution in [0, 0.1) is 6.92 Å². The van der Waals surface area contributed by atoms with Gasteiger partial charge in [-0.1, -0.05) is 58.6 Å². The van der Waals surface area contributed by atoms with E-state index in [4.69, 9.17) is 34.8 Å². The molecule has 0 saturated heterocycles. The quantitative estimate of drug-likeness (QED) is 0.301. The van der Waals surface area contributed by atoms with Crippen molar-refractivity contribution in [2.24, 2.45) is 0 Å². The lowest BCUT2D eigenvalue weighted by molar-refractivity contribution is -0.139. The highest BCUT2D eigenvalue weighted by molar-refractivity contribution is 7.92. The molecular weight excluding hydrogens is 581 g/mol. The van der Waals surface area contributed by atoms with E-state index in [0.717, 1.165) is 9.87 Å². The molecule has 0 aliphatic carbocycles. The topological polar surface area (TPSA) is 86.8 Å². The number of nitrogens with one attached hydrogen (secondary N) is 1. The highest BCUT2D eigenvalue weighted by Crippen LogP contribution is 2.29. The minimum Gasteiger partial charge on any atom is -0.352 e. The summed E-state index contributed by atoms with van der Waals surface area (Å²) in [6.07, 6.45) is 0. The van der Waals surface area contributed by atoms with Crippen molar-refractivity contribution in [2.75, 3.05) is 10.8 Å². The van der Waals surface area contributed by atoms with Crippen molar-refractivity contribution in [2.45, 2.75) is 51.2 Å². The lowest BCUT2D eigenvalue weighted by atomic mass is 10.1.